The van der Waals surface area contributed by atoms with Crippen molar-refractivity contribution >= 4 is 22.0 Å². The SMILES string of the molecule is CC(=O)N1CCN(C(=O)N(CCN2CCOCC2)S(=O)(=O)c2ccc(C)cc2)CC1. The predicted molar refractivity (Wildman–Crippen MR) is 112 cm³/mol. The van der Waals surface area contributed by atoms with Crippen LogP contribution in [0.1, 0.15) is 12.5 Å². The number of carbonyl (C=O) groups is 2. The molecule has 3 rings (SSSR count). The molecule has 3 amide bonds. The molecule has 2 aliphatic heterocycles. The van der Waals surface area contributed by atoms with E-state index in [4.69, 9.17) is 4.74 Å². The van der Waals surface area contributed by atoms with Crippen molar-refractivity contribution in [1.82, 2.24) is 19.0 Å². The summed E-state index contributed by atoms with van der Waals surface area (Å²) in [5.74, 6) is -0.0430. The van der Waals surface area contributed by atoms with Gasteiger partial charge >= 0.3 is 6.03 Å². The average Bonchev–Trinajstić information content (AvgIpc) is 2.74. The van der Waals surface area contributed by atoms with Crippen molar-refractivity contribution in [3.8, 4) is 0 Å². The number of hydrogen-bond acceptors (Lipinski definition) is 6. The summed E-state index contributed by atoms with van der Waals surface area (Å²) >= 11 is 0. The summed E-state index contributed by atoms with van der Waals surface area (Å²) in [4.78, 5) is 30.2. The number of morpholine rings is 1. The summed E-state index contributed by atoms with van der Waals surface area (Å²) in [6, 6.07) is 5.99. The predicted octanol–water partition coefficient (Wildman–Crippen LogP) is 0.602. The van der Waals surface area contributed by atoms with Gasteiger partial charge in [0.25, 0.3) is 10.0 Å². The maximum absolute atomic E-state index is 13.3. The van der Waals surface area contributed by atoms with E-state index in [1.807, 2.05) is 6.92 Å². The Hall–Kier alpha value is -2.17. The van der Waals surface area contributed by atoms with Crippen LogP contribution in [0, 0.1) is 6.92 Å². The van der Waals surface area contributed by atoms with Gasteiger partial charge in [-0.25, -0.2) is 17.5 Å². The fourth-order valence-corrected chi connectivity index (χ4v) is 4.96. The Morgan fingerprint density at radius 3 is 2.10 bits per heavy atom. The molecular weight excluding hydrogens is 408 g/mol. The molecule has 2 fully saturated rings. The molecule has 166 valence electrons. The molecule has 30 heavy (non-hydrogen) atoms. The molecule has 0 spiro atoms. The lowest BCUT2D eigenvalue weighted by Crippen LogP contribution is -2.55. The summed E-state index contributed by atoms with van der Waals surface area (Å²) in [5.41, 5.74) is 0.945. The van der Waals surface area contributed by atoms with Gasteiger partial charge in [0.2, 0.25) is 5.91 Å². The van der Waals surface area contributed by atoms with Gasteiger partial charge in [-0.3, -0.25) is 9.69 Å². The summed E-state index contributed by atoms with van der Waals surface area (Å²) in [7, 11) is -3.99. The number of urea groups is 1. The molecule has 0 saturated carbocycles. The van der Waals surface area contributed by atoms with E-state index in [2.05, 4.69) is 4.90 Å². The minimum Gasteiger partial charge on any atom is -0.379 e. The van der Waals surface area contributed by atoms with Crippen molar-refractivity contribution in [2.75, 3.05) is 65.6 Å². The molecule has 2 saturated heterocycles. The fraction of sp³-hybridized carbons (Fsp3) is 0.600. The van der Waals surface area contributed by atoms with Crippen LogP contribution >= 0.6 is 0 Å². The van der Waals surface area contributed by atoms with Gasteiger partial charge in [0.1, 0.15) is 0 Å². The van der Waals surface area contributed by atoms with Gasteiger partial charge in [-0.2, -0.15) is 0 Å². The first-order chi connectivity index (χ1) is 14.3. The average molecular weight is 439 g/mol. The standard InChI is InChI=1S/C20H30N4O5S/c1-17-3-5-19(6-4-17)30(27,28)24(12-7-21-13-15-29-16-14-21)20(26)23-10-8-22(9-11-23)18(2)25/h3-6H,7-16H2,1-2H3. The largest absolute Gasteiger partial charge is 0.379 e. The van der Waals surface area contributed by atoms with Crippen molar-refractivity contribution in [3.05, 3.63) is 29.8 Å². The van der Waals surface area contributed by atoms with Crippen molar-refractivity contribution < 1.29 is 22.7 Å². The van der Waals surface area contributed by atoms with Gasteiger partial charge in [-0.05, 0) is 19.1 Å². The molecule has 0 atom stereocenters. The summed E-state index contributed by atoms with van der Waals surface area (Å²) < 4.78 is 33.0. The molecule has 0 bridgehead atoms. The Balaban J connectivity index is 1.78. The number of aryl methyl sites for hydroxylation is 1. The number of hydrogen-bond donors (Lipinski definition) is 0. The maximum atomic E-state index is 13.3. The smallest absolute Gasteiger partial charge is 0.334 e. The highest BCUT2D eigenvalue weighted by Gasteiger charge is 2.34. The van der Waals surface area contributed by atoms with Gasteiger partial charge in [0, 0.05) is 52.7 Å². The van der Waals surface area contributed by atoms with E-state index in [-0.39, 0.29) is 17.3 Å². The topological polar surface area (TPSA) is 90.5 Å². The van der Waals surface area contributed by atoms with Crippen LogP contribution in [0.3, 0.4) is 0 Å². The Labute approximate surface area is 178 Å². The quantitative estimate of drug-likeness (QED) is 0.669. The van der Waals surface area contributed by atoms with Gasteiger partial charge in [0.15, 0.2) is 0 Å². The Morgan fingerprint density at radius 1 is 0.967 bits per heavy atom. The molecule has 0 unspecified atom stereocenters. The number of amides is 3. The molecule has 0 N–H and O–H groups in total. The number of benzene rings is 1. The third kappa shape index (κ3) is 5.30. The zero-order valence-electron chi connectivity index (χ0n) is 17.6. The lowest BCUT2D eigenvalue weighted by molar-refractivity contribution is -0.130. The molecule has 0 aromatic heterocycles. The number of carbonyl (C=O) groups excluding carboxylic acids is 2. The van der Waals surface area contributed by atoms with Crippen molar-refractivity contribution in [2.45, 2.75) is 18.7 Å². The zero-order valence-corrected chi connectivity index (χ0v) is 18.4. The van der Waals surface area contributed by atoms with E-state index in [9.17, 15) is 18.0 Å². The number of piperazine rings is 1. The highest BCUT2D eigenvalue weighted by Crippen LogP contribution is 2.19. The normalized spacial score (nSPS) is 18.3. The van der Waals surface area contributed by atoms with Crippen molar-refractivity contribution in [3.63, 3.8) is 0 Å². The third-order valence-electron chi connectivity index (χ3n) is 5.54. The zero-order chi connectivity index (χ0) is 21.7. The van der Waals surface area contributed by atoms with Gasteiger partial charge in [-0.15, -0.1) is 0 Å². The molecule has 9 nitrogen and oxygen atoms in total. The third-order valence-corrected chi connectivity index (χ3v) is 7.33. The molecule has 1 aromatic carbocycles. The Kier molecular flexibility index (Phi) is 7.32. The molecule has 10 heteroatoms. The first kappa shape index (κ1) is 22.5. The second-order valence-electron chi connectivity index (χ2n) is 7.62. The van der Waals surface area contributed by atoms with Crippen LogP contribution in [-0.4, -0.2) is 105 Å². The van der Waals surface area contributed by atoms with Crippen LogP contribution in [0.15, 0.2) is 29.2 Å². The van der Waals surface area contributed by atoms with E-state index in [1.165, 1.54) is 24.0 Å². The first-order valence-electron chi connectivity index (χ1n) is 10.2. The van der Waals surface area contributed by atoms with Crippen LogP contribution < -0.4 is 0 Å². The Morgan fingerprint density at radius 2 is 1.53 bits per heavy atom. The van der Waals surface area contributed by atoms with Crippen LogP contribution in [0.4, 0.5) is 4.79 Å². The number of rotatable bonds is 5. The lowest BCUT2D eigenvalue weighted by atomic mass is 10.2. The molecular formula is C20H30N4O5S. The second kappa shape index (κ2) is 9.76. The maximum Gasteiger partial charge on any atom is 0.334 e. The minimum atomic E-state index is -3.99. The van der Waals surface area contributed by atoms with Crippen molar-refractivity contribution in [2.24, 2.45) is 0 Å². The molecule has 1 aromatic rings. The van der Waals surface area contributed by atoms with Gasteiger partial charge < -0.3 is 14.5 Å². The highest BCUT2D eigenvalue weighted by atomic mass is 32.2. The van der Waals surface area contributed by atoms with Crippen LogP contribution in [0.2, 0.25) is 0 Å². The van der Waals surface area contributed by atoms with Crippen LogP contribution in [0.25, 0.3) is 0 Å². The van der Waals surface area contributed by atoms with Crippen LogP contribution in [-0.2, 0) is 19.6 Å². The summed E-state index contributed by atoms with van der Waals surface area (Å²) in [6.07, 6.45) is 0. The number of ether oxygens (including phenoxy) is 1. The van der Waals surface area contributed by atoms with E-state index < -0.39 is 16.1 Å². The van der Waals surface area contributed by atoms with Gasteiger partial charge in [0.05, 0.1) is 24.7 Å². The van der Waals surface area contributed by atoms with Crippen LogP contribution in [0.5, 0.6) is 0 Å². The fourth-order valence-electron chi connectivity index (χ4n) is 3.58. The second-order valence-corrected chi connectivity index (χ2v) is 9.48. The molecule has 2 heterocycles. The Bertz CT molecular complexity index is 844. The summed E-state index contributed by atoms with van der Waals surface area (Å²) in [6.45, 7) is 7.97. The van der Waals surface area contributed by atoms with Gasteiger partial charge in [-0.1, -0.05) is 17.7 Å². The van der Waals surface area contributed by atoms with Crippen molar-refractivity contribution in [1.29, 1.82) is 0 Å². The van der Waals surface area contributed by atoms with E-state index in [0.717, 1.165) is 9.87 Å². The first-order valence-corrected chi connectivity index (χ1v) is 11.7. The van der Waals surface area contributed by atoms with E-state index in [1.54, 1.807) is 17.0 Å². The van der Waals surface area contributed by atoms with E-state index >= 15 is 0 Å². The summed E-state index contributed by atoms with van der Waals surface area (Å²) in [5, 5.41) is 0. The lowest BCUT2D eigenvalue weighted by Gasteiger charge is -2.37. The molecule has 2 aliphatic rings. The molecule has 0 aliphatic carbocycles. The molecule has 0 radical (unpaired) electrons. The highest BCUT2D eigenvalue weighted by molar-refractivity contribution is 7.89. The monoisotopic (exact) mass is 438 g/mol. The minimum absolute atomic E-state index is 0.0430. The van der Waals surface area contributed by atoms with E-state index in [0.29, 0.717) is 59.0 Å². The number of sulfonamides is 1. The number of nitrogens with zero attached hydrogens (tertiary/aromatic N) is 4.